The summed E-state index contributed by atoms with van der Waals surface area (Å²) >= 11 is 1.23. The summed E-state index contributed by atoms with van der Waals surface area (Å²) in [6.07, 6.45) is -4.40. The van der Waals surface area contributed by atoms with Gasteiger partial charge in [-0.25, -0.2) is 4.79 Å². The molecule has 0 unspecified atom stereocenters. The van der Waals surface area contributed by atoms with Crippen LogP contribution in [0.2, 0.25) is 0 Å². The Morgan fingerprint density at radius 3 is 2.46 bits per heavy atom. The molecule has 2 heterocycles. The molecule has 0 aliphatic heterocycles. The van der Waals surface area contributed by atoms with Crippen LogP contribution in [0.1, 0.15) is 21.6 Å². The van der Waals surface area contributed by atoms with Crippen molar-refractivity contribution in [3.05, 3.63) is 59.3 Å². The minimum Gasteiger partial charge on any atom is -0.478 e. The average molecular weight is 376 g/mol. The van der Waals surface area contributed by atoms with Gasteiger partial charge >= 0.3 is 12.1 Å². The number of carbonyl (C=O) groups is 1. The predicted octanol–water partition coefficient (Wildman–Crippen LogP) is 5.27. The molecule has 1 N–H and O–H groups in total. The van der Waals surface area contributed by atoms with Gasteiger partial charge in [0.05, 0.1) is 22.3 Å². The van der Waals surface area contributed by atoms with Gasteiger partial charge in [0.1, 0.15) is 4.83 Å². The molecule has 0 fully saturated rings. The lowest BCUT2D eigenvalue weighted by Gasteiger charge is -2.10. The number of aromatic nitrogens is 2. The molecule has 0 bridgehead atoms. The Morgan fingerprint density at radius 1 is 1.15 bits per heavy atom. The van der Waals surface area contributed by atoms with E-state index in [1.54, 1.807) is 16.7 Å². The molecular formula is C18H11F3N2O2S. The Labute approximate surface area is 149 Å². The van der Waals surface area contributed by atoms with Gasteiger partial charge < -0.3 is 5.11 Å². The van der Waals surface area contributed by atoms with Crippen LogP contribution >= 0.6 is 11.5 Å². The fourth-order valence-electron chi connectivity index (χ4n) is 3.05. The topological polar surface area (TPSA) is 55.1 Å². The van der Waals surface area contributed by atoms with Crippen LogP contribution in [0, 0.1) is 6.92 Å². The number of rotatable bonds is 2. The molecule has 0 aliphatic carbocycles. The smallest absolute Gasteiger partial charge is 0.416 e. The van der Waals surface area contributed by atoms with Crippen molar-refractivity contribution in [3.63, 3.8) is 0 Å². The fourth-order valence-corrected chi connectivity index (χ4v) is 4.00. The van der Waals surface area contributed by atoms with Gasteiger partial charge in [-0.15, -0.1) is 0 Å². The van der Waals surface area contributed by atoms with Gasteiger partial charge in [0.2, 0.25) is 0 Å². The second-order valence-corrected chi connectivity index (χ2v) is 6.62. The number of alkyl halides is 3. The van der Waals surface area contributed by atoms with E-state index < -0.39 is 17.7 Å². The Hall–Kier alpha value is -2.87. The van der Waals surface area contributed by atoms with E-state index in [1.165, 1.54) is 29.7 Å². The molecule has 0 amide bonds. The lowest BCUT2D eigenvalue weighted by molar-refractivity contribution is -0.137. The summed E-state index contributed by atoms with van der Waals surface area (Å²) in [5.41, 5.74) is 1.46. The van der Waals surface area contributed by atoms with Crippen LogP contribution in [0.4, 0.5) is 13.2 Å². The van der Waals surface area contributed by atoms with Crippen molar-refractivity contribution in [1.82, 2.24) is 8.94 Å². The van der Waals surface area contributed by atoms with Crippen molar-refractivity contribution in [1.29, 1.82) is 0 Å². The zero-order valence-electron chi connectivity index (χ0n) is 13.3. The van der Waals surface area contributed by atoms with E-state index in [-0.39, 0.29) is 5.56 Å². The van der Waals surface area contributed by atoms with Crippen LogP contribution in [-0.2, 0) is 6.18 Å². The van der Waals surface area contributed by atoms with Gasteiger partial charge in [-0.2, -0.15) is 17.5 Å². The lowest BCUT2D eigenvalue weighted by atomic mass is 10.1. The standard InChI is InChI=1S/C18H11F3N2O2S/c1-9-15-13-8-10(17(24)25)2-7-14(13)23(16(15)26-22-9)12-5-3-11(4-6-12)18(19,20)21/h2-8H,1H3,(H,24,25). The summed E-state index contributed by atoms with van der Waals surface area (Å²) < 4.78 is 44.6. The highest BCUT2D eigenvalue weighted by Gasteiger charge is 2.30. The SMILES string of the molecule is Cc1nsc2c1c1cc(C(=O)O)ccc1n2-c1ccc(C(F)(F)F)cc1. The fraction of sp³-hybridized carbons (Fsp3) is 0.111. The second-order valence-electron chi connectivity index (χ2n) is 5.87. The van der Waals surface area contributed by atoms with E-state index in [2.05, 4.69) is 4.37 Å². The molecule has 0 radical (unpaired) electrons. The van der Waals surface area contributed by atoms with Crippen LogP contribution in [0.5, 0.6) is 0 Å². The predicted molar refractivity (Wildman–Crippen MR) is 93.2 cm³/mol. The first-order chi connectivity index (χ1) is 12.3. The van der Waals surface area contributed by atoms with E-state index in [0.29, 0.717) is 11.1 Å². The Morgan fingerprint density at radius 2 is 1.85 bits per heavy atom. The summed E-state index contributed by atoms with van der Waals surface area (Å²) in [7, 11) is 0. The van der Waals surface area contributed by atoms with Crippen molar-refractivity contribution < 1.29 is 23.1 Å². The number of hydrogen-bond donors (Lipinski definition) is 1. The minimum atomic E-state index is -4.40. The van der Waals surface area contributed by atoms with Gasteiger partial charge in [-0.3, -0.25) is 4.57 Å². The maximum absolute atomic E-state index is 12.8. The van der Waals surface area contributed by atoms with Crippen molar-refractivity contribution >= 4 is 38.6 Å². The van der Waals surface area contributed by atoms with Crippen LogP contribution in [0.15, 0.2) is 42.5 Å². The molecule has 26 heavy (non-hydrogen) atoms. The van der Waals surface area contributed by atoms with Gasteiger partial charge in [-0.1, -0.05) is 0 Å². The molecule has 0 atom stereocenters. The van der Waals surface area contributed by atoms with Crippen LogP contribution in [0.3, 0.4) is 0 Å². The molecule has 0 saturated heterocycles. The quantitative estimate of drug-likeness (QED) is 0.519. The third kappa shape index (κ3) is 2.45. The van der Waals surface area contributed by atoms with E-state index >= 15 is 0 Å². The number of benzene rings is 2. The highest BCUT2D eigenvalue weighted by atomic mass is 32.1. The lowest BCUT2D eigenvalue weighted by Crippen LogP contribution is -2.05. The van der Waals surface area contributed by atoms with Crippen molar-refractivity contribution in [2.45, 2.75) is 13.1 Å². The maximum atomic E-state index is 12.8. The van der Waals surface area contributed by atoms with Crippen LogP contribution in [0.25, 0.3) is 26.8 Å². The molecule has 8 heteroatoms. The number of halogens is 3. The zero-order valence-corrected chi connectivity index (χ0v) is 14.1. The van der Waals surface area contributed by atoms with E-state index in [4.69, 9.17) is 0 Å². The number of carboxylic acid groups (broad SMARTS) is 1. The first-order valence-corrected chi connectivity index (χ1v) is 8.36. The molecule has 2 aromatic heterocycles. The zero-order chi connectivity index (χ0) is 18.6. The first-order valence-electron chi connectivity index (χ1n) is 7.59. The Balaban J connectivity index is 2.01. The molecule has 2 aromatic carbocycles. The summed E-state index contributed by atoms with van der Waals surface area (Å²) in [4.78, 5) is 12.0. The van der Waals surface area contributed by atoms with Crippen molar-refractivity contribution in [3.8, 4) is 5.69 Å². The van der Waals surface area contributed by atoms with Gasteiger partial charge in [0.15, 0.2) is 0 Å². The molecule has 132 valence electrons. The molecular weight excluding hydrogens is 365 g/mol. The maximum Gasteiger partial charge on any atom is 0.416 e. The molecule has 0 spiro atoms. The monoisotopic (exact) mass is 376 g/mol. The van der Waals surface area contributed by atoms with E-state index in [1.807, 2.05) is 6.92 Å². The number of nitrogens with zero attached hydrogens (tertiary/aromatic N) is 2. The molecule has 4 aromatic rings. The van der Waals surface area contributed by atoms with Crippen LogP contribution < -0.4 is 0 Å². The third-order valence-corrected chi connectivity index (χ3v) is 5.18. The molecule has 4 nitrogen and oxygen atoms in total. The van der Waals surface area contributed by atoms with Gasteiger partial charge in [0.25, 0.3) is 0 Å². The number of fused-ring (bicyclic) bond motifs is 3. The second kappa shape index (κ2) is 5.57. The Bertz CT molecular complexity index is 1160. The molecule has 0 saturated carbocycles. The average Bonchev–Trinajstić information content (AvgIpc) is 3.11. The Kier molecular flexibility index (Phi) is 3.55. The van der Waals surface area contributed by atoms with E-state index in [9.17, 15) is 23.1 Å². The third-order valence-electron chi connectivity index (χ3n) is 4.25. The van der Waals surface area contributed by atoms with Gasteiger partial charge in [-0.05, 0) is 60.9 Å². The summed E-state index contributed by atoms with van der Waals surface area (Å²) in [6, 6.07) is 9.60. The van der Waals surface area contributed by atoms with Crippen LogP contribution in [-0.4, -0.2) is 20.0 Å². The largest absolute Gasteiger partial charge is 0.478 e. The van der Waals surface area contributed by atoms with E-state index in [0.717, 1.165) is 33.6 Å². The number of aromatic carboxylic acids is 1. The number of carboxylic acids is 1. The van der Waals surface area contributed by atoms with Crippen molar-refractivity contribution in [2.24, 2.45) is 0 Å². The minimum absolute atomic E-state index is 0.148. The summed E-state index contributed by atoms with van der Waals surface area (Å²) in [6.45, 7) is 1.82. The highest BCUT2D eigenvalue weighted by Crippen LogP contribution is 2.37. The normalized spacial score (nSPS) is 12.2. The molecule has 0 aliphatic rings. The summed E-state index contributed by atoms with van der Waals surface area (Å²) in [5.74, 6) is -1.04. The van der Waals surface area contributed by atoms with Gasteiger partial charge in [0, 0.05) is 16.5 Å². The summed E-state index contributed by atoms with van der Waals surface area (Å²) in [5, 5.41) is 10.8. The number of aryl methyl sites for hydroxylation is 1. The first kappa shape index (κ1) is 16.6. The molecule has 4 rings (SSSR count). The highest BCUT2D eigenvalue weighted by molar-refractivity contribution is 7.13. The number of hydrogen-bond acceptors (Lipinski definition) is 3. The van der Waals surface area contributed by atoms with Crippen molar-refractivity contribution in [2.75, 3.05) is 0 Å².